The van der Waals surface area contributed by atoms with Crippen LogP contribution < -0.4 is 0 Å². The van der Waals surface area contributed by atoms with Crippen molar-refractivity contribution in [2.75, 3.05) is 0 Å². The molecule has 0 radical (unpaired) electrons. The molecule has 9 aromatic rings. The zero-order valence-corrected chi connectivity index (χ0v) is 26.0. The molecule has 0 N–H and O–H groups in total. The molecule has 0 atom stereocenters. The van der Waals surface area contributed by atoms with Gasteiger partial charge in [-0.3, -0.25) is 0 Å². The molecule has 220 valence electrons. The van der Waals surface area contributed by atoms with E-state index >= 15 is 0 Å². The molecule has 47 heavy (non-hydrogen) atoms. The highest BCUT2D eigenvalue weighted by molar-refractivity contribution is 7.26. The third kappa shape index (κ3) is 4.85. The molecular formula is C42H26N4S. The topological polar surface area (TPSA) is 51.6 Å². The predicted octanol–water partition coefficient (Wildman–Crippen LogP) is 11.1. The lowest BCUT2D eigenvalue weighted by Gasteiger charge is -2.13. The van der Waals surface area contributed by atoms with Gasteiger partial charge in [0.15, 0.2) is 17.5 Å². The van der Waals surface area contributed by atoms with Crippen LogP contribution in [0.2, 0.25) is 0 Å². The maximum atomic E-state index is 5.32. The van der Waals surface area contributed by atoms with Gasteiger partial charge in [-0.2, -0.15) is 0 Å². The molecule has 0 unspecified atom stereocenters. The summed E-state index contributed by atoms with van der Waals surface area (Å²) in [5, 5.41) is 3.52. The molecule has 5 heteroatoms. The fourth-order valence-electron chi connectivity index (χ4n) is 6.31. The van der Waals surface area contributed by atoms with Crippen LogP contribution in [0.5, 0.6) is 0 Å². The Morgan fingerprint density at radius 1 is 0.340 bits per heavy atom. The number of fused-ring (bicyclic) bond motifs is 4. The molecule has 0 bridgehead atoms. The van der Waals surface area contributed by atoms with E-state index in [0.717, 1.165) is 49.0 Å². The van der Waals surface area contributed by atoms with Gasteiger partial charge in [-0.05, 0) is 41.0 Å². The van der Waals surface area contributed by atoms with Crippen LogP contribution in [0.1, 0.15) is 0 Å². The minimum Gasteiger partial charge on any atom is -0.244 e. The van der Waals surface area contributed by atoms with Crippen LogP contribution in [0.15, 0.2) is 158 Å². The lowest BCUT2D eigenvalue weighted by atomic mass is 9.94. The smallest absolute Gasteiger partial charge is 0.182 e. The summed E-state index contributed by atoms with van der Waals surface area (Å²) >= 11 is 1.77. The van der Waals surface area contributed by atoms with Crippen LogP contribution in [0, 0.1) is 0 Å². The molecule has 3 aromatic heterocycles. The summed E-state index contributed by atoms with van der Waals surface area (Å²) in [4.78, 5) is 20.5. The van der Waals surface area contributed by atoms with Gasteiger partial charge in [0.2, 0.25) is 0 Å². The van der Waals surface area contributed by atoms with E-state index in [1.807, 2.05) is 48.5 Å². The fourth-order valence-corrected chi connectivity index (χ4v) is 7.52. The number of nitrogens with zero attached hydrogens (tertiary/aromatic N) is 4. The zero-order valence-electron chi connectivity index (χ0n) is 25.2. The number of thiophene rings is 1. The molecule has 0 aliphatic carbocycles. The van der Waals surface area contributed by atoms with Gasteiger partial charge in [-0.25, -0.2) is 19.9 Å². The van der Waals surface area contributed by atoms with E-state index in [2.05, 4.69) is 109 Å². The Morgan fingerprint density at radius 3 is 1.70 bits per heavy atom. The standard InChI is InChI=1S/C42H26N4S/c1-4-13-27(14-5-1)30-23-24-31(28-15-6-2-7-16-28)38-33(30)25-26-36(43-38)42-45-40(29-17-8-3-9-18-29)44-41(46-42)35-21-12-20-34-32-19-10-11-22-37(32)47-39(34)35/h1-26H. The Labute approximate surface area is 275 Å². The van der Waals surface area contributed by atoms with E-state index in [4.69, 9.17) is 19.9 Å². The van der Waals surface area contributed by atoms with E-state index < -0.39 is 0 Å². The van der Waals surface area contributed by atoms with Crippen LogP contribution in [0.4, 0.5) is 0 Å². The van der Waals surface area contributed by atoms with Crippen molar-refractivity contribution in [2.45, 2.75) is 0 Å². The summed E-state index contributed by atoms with van der Waals surface area (Å²) in [7, 11) is 0. The maximum Gasteiger partial charge on any atom is 0.182 e. The minimum atomic E-state index is 0.540. The molecule has 3 heterocycles. The summed E-state index contributed by atoms with van der Waals surface area (Å²) in [6.07, 6.45) is 0. The molecule has 0 fully saturated rings. The molecule has 0 aliphatic heterocycles. The van der Waals surface area contributed by atoms with Gasteiger partial charge < -0.3 is 0 Å². The van der Waals surface area contributed by atoms with Gasteiger partial charge in [0.1, 0.15) is 5.69 Å². The largest absolute Gasteiger partial charge is 0.244 e. The van der Waals surface area contributed by atoms with Gasteiger partial charge in [-0.15, -0.1) is 11.3 Å². The van der Waals surface area contributed by atoms with Gasteiger partial charge in [-0.1, -0.05) is 133 Å². The number of pyridine rings is 1. The monoisotopic (exact) mass is 618 g/mol. The molecule has 0 aliphatic rings. The van der Waals surface area contributed by atoms with Gasteiger partial charge in [0.25, 0.3) is 0 Å². The van der Waals surface area contributed by atoms with Crippen LogP contribution in [-0.2, 0) is 0 Å². The normalized spacial score (nSPS) is 11.4. The lowest BCUT2D eigenvalue weighted by molar-refractivity contribution is 1.06. The molecule has 0 saturated carbocycles. The van der Waals surface area contributed by atoms with Crippen molar-refractivity contribution in [1.29, 1.82) is 0 Å². The van der Waals surface area contributed by atoms with Crippen LogP contribution in [0.25, 0.3) is 87.6 Å². The number of hydrogen-bond donors (Lipinski definition) is 0. The average molecular weight is 619 g/mol. The number of rotatable bonds is 5. The third-order valence-electron chi connectivity index (χ3n) is 8.57. The number of hydrogen-bond acceptors (Lipinski definition) is 5. The molecule has 0 spiro atoms. The second-order valence-corrected chi connectivity index (χ2v) is 12.5. The van der Waals surface area contributed by atoms with Crippen LogP contribution in [0.3, 0.4) is 0 Å². The molecule has 4 nitrogen and oxygen atoms in total. The highest BCUT2D eigenvalue weighted by Gasteiger charge is 2.18. The molecule has 0 saturated heterocycles. The predicted molar refractivity (Wildman–Crippen MR) is 195 cm³/mol. The summed E-state index contributed by atoms with van der Waals surface area (Å²) in [5.41, 5.74) is 7.98. The van der Waals surface area contributed by atoms with Gasteiger partial charge in [0.05, 0.1) is 5.52 Å². The van der Waals surface area contributed by atoms with E-state index in [1.54, 1.807) is 11.3 Å². The van der Waals surface area contributed by atoms with Crippen molar-refractivity contribution in [2.24, 2.45) is 0 Å². The Kier molecular flexibility index (Phi) is 6.61. The van der Waals surface area contributed by atoms with Crippen molar-refractivity contribution in [3.05, 3.63) is 158 Å². The van der Waals surface area contributed by atoms with Crippen molar-refractivity contribution in [3.63, 3.8) is 0 Å². The maximum absolute atomic E-state index is 5.32. The Hall–Kier alpha value is -6.04. The van der Waals surface area contributed by atoms with E-state index in [1.165, 1.54) is 15.5 Å². The number of aromatic nitrogens is 4. The quantitative estimate of drug-likeness (QED) is 0.193. The highest BCUT2D eigenvalue weighted by atomic mass is 32.1. The van der Waals surface area contributed by atoms with E-state index in [9.17, 15) is 0 Å². The summed E-state index contributed by atoms with van der Waals surface area (Å²) in [6.45, 7) is 0. The fraction of sp³-hybridized carbons (Fsp3) is 0. The van der Waals surface area contributed by atoms with E-state index in [-0.39, 0.29) is 0 Å². The highest BCUT2D eigenvalue weighted by Crippen LogP contribution is 2.40. The zero-order chi connectivity index (χ0) is 31.2. The van der Waals surface area contributed by atoms with Gasteiger partial charge in [0, 0.05) is 42.2 Å². The molecular weight excluding hydrogens is 593 g/mol. The lowest BCUT2D eigenvalue weighted by Crippen LogP contribution is -2.01. The van der Waals surface area contributed by atoms with Crippen LogP contribution in [-0.4, -0.2) is 19.9 Å². The van der Waals surface area contributed by atoms with Crippen LogP contribution >= 0.6 is 11.3 Å². The average Bonchev–Trinajstić information content (AvgIpc) is 3.54. The molecule has 9 rings (SSSR count). The Balaban J connectivity index is 1.29. The summed E-state index contributed by atoms with van der Waals surface area (Å²) in [5.74, 6) is 1.79. The minimum absolute atomic E-state index is 0.540. The first-order valence-corrected chi connectivity index (χ1v) is 16.4. The van der Waals surface area contributed by atoms with Crippen molar-refractivity contribution >= 4 is 42.4 Å². The second-order valence-electron chi connectivity index (χ2n) is 11.4. The molecule has 0 amide bonds. The SMILES string of the molecule is c1ccc(-c2nc(-c3ccc4c(-c5ccccc5)ccc(-c5ccccc5)c4n3)nc(-c3cccc4c3sc3ccccc34)n2)cc1. The first-order valence-electron chi connectivity index (χ1n) is 15.6. The summed E-state index contributed by atoms with van der Waals surface area (Å²) < 4.78 is 2.40. The second kappa shape index (κ2) is 11.4. The van der Waals surface area contributed by atoms with E-state index in [0.29, 0.717) is 23.2 Å². The Bertz CT molecular complexity index is 2560. The first-order chi connectivity index (χ1) is 23.3. The van der Waals surface area contributed by atoms with Gasteiger partial charge >= 0.3 is 0 Å². The van der Waals surface area contributed by atoms with Crippen molar-refractivity contribution in [1.82, 2.24) is 19.9 Å². The Morgan fingerprint density at radius 2 is 0.936 bits per heavy atom. The first kappa shape index (κ1) is 27.3. The van der Waals surface area contributed by atoms with Crippen molar-refractivity contribution < 1.29 is 0 Å². The molecule has 6 aromatic carbocycles. The number of benzene rings is 6. The van der Waals surface area contributed by atoms with Crippen molar-refractivity contribution in [3.8, 4) is 56.5 Å². The third-order valence-corrected chi connectivity index (χ3v) is 9.79. The summed E-state index contributed by atoms with van der Waals surface area (Å²) in [6, 6.07) is 54.5.